The van der Waals surface area contributed by atoms with Crippen LogP contribution in [-0.4, -0.2) is 57.5 Å². The highest BCUT2D eigenvalue weighted by Crippen LogP contribution is 2.21. The summed E-state index contributed by atoms with van der Waals surface area (Å²) in [5.74, 6) is -0.404. The highest BCUT2D eigenvalue weighted by Gasteiger charge is 2.30. The van der Waals surface area contributed by atoms with Crippen LogP contribution in [-0.2, 0) is 14.8 Å². The fourth-order valence-corrected chi connectivity index (χ4v) is 4.36. The SMILES string of the molecule is CCCCC(CN)NC(=O)c1ccccc1S(=O)(=O)N1CCOCC1.Cl. The van der Waals surface area contributed by atoms with Crippen molar-refractivity contribution in [3.8, 4) is 0 Å². The summed E-state index contributed by atoms with van der Waals surface area (Å²) in [7, 11) is -3.74. The van der Waals surface area contributed by atoms with Crippen molar-refractivity contribution in [3.05, 3.63) is 29.8 Å². The molecule has 0 aromatic heterocycles. The maximum absolute atomic E-state index is 12.9. The van der Waals surface area contributed by atoms with Gasteiger partial charge in [-0.05, 0) is 18.6 Å². The van der Waals surface area contributed by atoms with Gasteiger partial charge in [0, 0.05) is 25.7 Å². The minimum atomic E-state index is -3.74. The van der Waals surface area contributed by atoms with E-state index in [1.165, 1.54) is 16.4 Å². The second kappa shape index (κ2) is 10.8. The van der Waals surface area contributed by atoms with Crippen LogP contribution in [0.5, 0.6) is 0 Å². The lowest BCUT2D eigenvalue weighted by Gasteiger charge is -2.27. The first kappa shape index (κ1) is 22.9. The van der Waals surface area contributed by atoms with Crippen molar-refractivity contribution in [2.45, 2.75) is 37.1 Å². The molecule has 1 amide bonds. The van der Waals surface area contributed by atoms with Gasteiger partial charge in [-0.25, -0.2) is 8.42 Å². The Kier molecular flexibility index (Phi) is 9.52. The summed E-state index contributed by atoms with van der Waals surface area (Å²) in [5.41, 5.74) is 5.88. The van der Waals surface area contributed by atoms with Crippen molar-refractivity contribution >= 4 is 28.3 Å². The van der Waals surface area contributed by atoms with E-state index in [0.717, 1.165) is 19.3 Å². The molecule has 0 aliphatic carbocycles. The monoisotopic (exact) mass is 405 g/mol. The Labute approximate surface area is 161 Å². The first-order valence-electron chi connectivity index (χ1n) is 8.68. The zero-order valence-electron chi connectivity index (χ0n) is 15.0. The molecule has 1 aliphatic rings. The van der Waals surface area contributed by atoms with E-state index in [-0.39, 0.29) is 28.9 Å². The molecule has 1 unspecified atom stereocenters. The number of rotatable bonds is 8. The van der Waals surface area contributed by atoms with Gasteiger partial charge in [-0.15, -0.1) is 12.4 Å². The standard InChI is InChI=1S/C17H27N3O4S.ClH/c1-2-3-6-14(13-18)19-17(21)15-7-4-5-8-16(15)25(22,23)20-9-11-24-12-10-20;/h4-5,7-8,14H,2-3,6,9-13,18H2,1H3,(H,19,21);1H. The van der Waals surface area contributed by atoms with E-state index in [4.69, 9.17) is 10.5 Å². The largest absolute Gasteiger partial charge is 0.379 e. The summed E-state index contributed by atoms with van der Waals surface area (Å²) in [5, 5.41) is 2.86. The van der Waals surface area contributed by atoms with E-state index in [9.17, 15) is 13.2 Å². The second-order valence-corrected chi connectivity index (χ2v) is 7.97. The Balaban J connectivity index is 0.00000338. The second-order valence-electron chi connectivity index (χ2n) is 6.06. The number of benzene rings is 1. The van der Waals surface area contributed by atoms with Crippen molar-refractivity contribution in [3.63, 3.8) is 0 Å². The van der Waals surface area contributed by atoms with Crippen LogP contribution < -0.4 is 11.1 Å². The Hall–Kier alpha value is -1.19. The molecule has 26 heavy (non-hydrogen) atoms. The lowest BCUT2D eigenvalue weighted by Crippen LogP contribution is -2.43. The molecule has 2 rings (SSSR count). The fourth-order valence-electron chi connectivity index (χ4n) is 2.77. The summed E-state index contributed by atoms with van der Waals surface area (Å²) < 4.78 is 32.4. The molecule has 0 radical (unpaired) electrons. The van der Waals surface area contributed by atoms with Crippen molar-refractivity contribution in [1.29, 1.82) is 0 Å². The van der Waals surface area contributed by atoms with Crippen LogP contribution in [0.25, 0.3) is 0 Å². The number of sulfonamides is 1. The molecule has 1 fully saturated rings. The number of carbonyl (C=O) groups excluding carboxylic acids is 1. The van der Waals surface area contributed by atoms with E-state index in [0.29, 0.717) is 32.8 Å². The maximum Gasteiger partial charge on any atom is 0.252 e. The fraction of sp³-hybridized carbons (Fsp3) is 0.588. The lowest BCUT2D eigenvalue weighted by atomic mass is 10.1. The quantitative estimate of drug-likeness (QED) is 0.680. The van der Waals surface area contributed by atoms with E-state index >= 15 is 0 Å². The van der Waals surface area contributed by atoms with Crippen molar-refractivity contribution in [1.82, 2.24) is 9.62 Å². The number of hydrogen-bond donors (Lipinski definition) is 2. The van der Waals surface area contributed by atoms with Gasteiger partial charge in [0.1, 0.15) is 0 Å². The summed E-state index contributed by atoms with van der Waals surface area (Å²) in [4.78, 5) is 12.7. The summed E-state index contributed by atoms with van der Waals surface area (Å²) in [6.07, 6.45) is 2.74. The van der Waals surface area contributed by atoms with Crippen LogP contribution in [0.2, 0.25) is 0 Å². The molecule has 7 nitrogen and oxygen atoms in total. The van der Waals surface area contributed by atoms with E-state index in [1.54, 1.807) is 12.1 Å². The zero-order chi connectivity index (χ0) is 18.3. The molecule has 0 saturated carbocycles. The smallest absolute Gasteiger partial charge is 0.252 e. The van der Waals surface area contributed by atoms with Crippen LogP contribution in [0, 0.1) is 0 Å². The van der Waals surface area contributed by atoms with Crippen molar-refractivity contribution in [2.75, 3.05) is 32.8 Å². The van der Waals surface area contributed by atoms with Crippen LogP contribution in [0.1, 0.15) is 36.5 Å². The zero-order valence-corrected chi connectivity index (χ0v) is 16.7. The van der Waals surface area contributed by atoms with Gasteiger partial charge in [-0.1, -0.05) is 31.9 Å². The molecule has 1 aromatic carbocycles. The molecule has 1 heterocycles. The normalized spacial score (nSPS) is 16.5. The lowest BCUT2D eigenvalue weighted by molar-refractivity contribution is 0.0729. The van der Waals surface area contributed by atoms with Crippen LogP contribution in [0.4, 0.5) is 0 Å². The van der Waals surface area contributed by atoms with Gasteiger partial charge >= 0.3 is 0 Å². The van der Waals surface area contributed by atoms with Gasteiger partial charge in [0.05, 0.1) is 23.7 Å². The molecular formula is C17H28ClN3O4S. The first-order chi connectivity index (χ1) is 12.0. The van der Waals surface area contributed by atoms with Crippen molar-refractivity contribution in [2.24, 2.45) is 5.73 Å². The third kappa shape index (κ3) is 5.65. The molecule has 0 bridgehead atoms. The predicted octanol–water partition coefficient (Wildman–Crippen LogP) is 1.38. The average molecular weight is 406 g/mol. The Morgan fingerprint density at radius 1 is 1.31 bits per heavy atom. The van der Waals surface area contributed by atoms with Crippen LogP contribution >= 0.6 is 12.4 Å². The number of nitrogens with zero attached hydrogens (tertiary/aromatic N) is 1. The van der Waals surface area contributed by atoms with E-state index in [1.807, 2.05) is 0 Å². The molecule has 148 valence electrons. The number of nitrogens with one attached hydrogen (secondary N) is 1. The van der Waals surface area contributed by atoms with Gasteiger partial charge in [-0.2, -0.15) is 4.31 Å². The maximum atomic E-state index is 12.9. The Morgan fingerprint density at radius 2 is 1.96 bits per heavy atom. The number of nitrogens with two attached hydrogens (primary N) is 1. The molecule has 1 atom stereocenters. The number of unbranched alkanes of at least 4 members (excludes halogenated alkanes) is 1. The Bertz CT molecular complexity index is 678. The minimum absolute atomic E-state index is 0. The number of hydrogen-bond acceptors (Lipinski definition) is 5. The highest BCUT2D eigenvalue weighted by atomic mass is 35.5. The van der Waals surface area contributed by atoms with Gasteiger partial charge in [0.2, 0.25) is 10.0 Å². The summed E-state index contributed by atoms with van der Waals surface area (Å²) in [6, 6.07) is 6.14. The highest BCUT2D eigenvalue weighted by molar-refractivity contribution is 7.89. The molecule has 0 spiro atoms. The molecule has 3 N–H and O–H groups in total. The summed E-state index contributed by atoms with van der Waals surface area (Å²) in [6.45, 7) is 3.70. The van der Waals surface area contributed by atoms with Gasteiger partial charge in [-0.3, -0.25) is 4.79 Å². The van der Waals surface area contributed by atoms with Crippen LogP contribution in [0.3, 0.4) is 0 Å². The van der Waals surface area contributed by atoms with Gasteiger partial charge < -0.3 is 15.8 Å². The molecule has 9 heteroatoms. The number of halogens is 1. The van der Waals surface area contributed by atoms with Gasteiger partial charge in [0.15, 0.2) is 0 Å². The third-order valence-electron chi connectivity index (χ3n) is 4.25. The molecule has 1 aromatic rings. The average Bonchev–Trinajstić information content (AvgIpc) is 2.65. The first-order valence-corrected chi connectivity index (χ1v) is 10.1. The number of ether oxygens (including phenoxy) is 1. The van der Waals surface area contributed by atoms with Crippen molar-refractivity contribution < 1.29 is 17.9 Å². The Morgan fingerprint density at radius 3 is 2.58 bits per heavy atom. The molecule has 1 saturated heterocycles. The molecular weight excluding hydrogens is 378 g/mol. The number of morpholine rings is 1. The number of carbonyl (C=O) groups is 1. The minimum Gasteiger partial charge on any atom is -0.379 e. The summed E-state index contributed by atoms with van der Waals surface area (Å²) >= 11 is 0. The van der Waals surface area contributed by atoms with E-state index in [2.05, 4.69) is 12.2 Å². The van der Waals surface area contributed by atoms with E-state index < -0.39 is 15.9 Å². The topological polar surface area (TPSA) is 102 Å². The number of amides is 1. The third-order valence-corrected chi connectivity index (χ3v) is 6.20. The molecule has 1 aliphatic heterocycles. The van der Waals surface area contributed by atoms with Crippen LogP contribution in [0.15, 0.2) is 29.2 Å². The predicted molar refractivity (Wildman–Crippen MR) is 103 cm³/mol. The van der Waals surface area contributed by atoms with Gasteiger partial charge in [0.25, 0.3) is 5.91 Å².